The summed E-state index contributed by atoms with van der Waals surface area (Å²) in [5.41, 5.74) is 4.41. The minimum atomic E-state index is -0.00217. The Morgan fingerprint density at radius 2 is 1.88 bits per heavy atom. The van der Waals surface area contributed by atoms with Crippen molar-refractivity contribution in [2.45, 2.75) is 58.4 Å². The molecule has 2 aliphatic heterocycles. The number of rotatable bonds is 5. The summed E-state index contributed by atoms with van der Waals surface area (Å²) in [6, 6.07) is 14.8. The smallest absolute Gasteiger partial charge is 0.251 e. The van der Waals surface area contributed by atoms with Crippen LogP contribution in [0.3, 0.4) is 0 Å². The molecule has 184 valence electrons. The molecule has 0 radical (unpaired) electrons. The number of ether oxygens (including phenoxy) is 2. The Labute approximate surface area is 204 Å². The van der Waals surface area contributed by atoms with Gasteiger partial charge < -0.3 is 14.8 Å². The van der Waals surface area contributed by atoms with Gasteiger partial charge in [0, 0.05) is 38.3 Å². The first-order valence-electron chi connectivity index (χ1n) is 13.1. The van der Waals surface area contributed by atoms with Crippen LogP contribution >= 0.6 is 0 Å². The molecule has 0 spiro atoms. The van der Waals surface area contributed by atoms with Crippen LogP contribution in [0.5, 0.6) is 5.75 Å². The van der Waals surface area contributed by atoms with Crippen LogP contribution in [-0.2, 0) is 17.7 Å². The molecule has 2 aromatic carbocycles. The highest BCUT2D eigenvalue weighted by atomic mass is 16.5. The summed E-state index contributed by atoms with van der Waals surface area (Å²) >= 11 is 0. The van der Waals surface area contributed by atoms with Gasteiger partial charge in [0.15, 0.2) is 0 Å². The van der Waals surface area contributed by atoms with Gasteiger partial charge in [-0.3, -0.25) is 9.69 Å². The molecule has 34 heavy (non-hydrogen) atoms. The number of hydrogen-bond donors (Lipinski definition) is 1. The maximum Gasteiger partial charge on any atom is 0.251 e. The van der Waals surface area contributed by atoms with Crippen molar-refractivity contribution in [2.75, 3.05) is 39.5 Å². The lowest BCUT2D eigenvalue weighted by Crippen LogP contribution is -2.32. The van der Waals surface area contributed by atoms with Crippen molar-refractivity contribution < 1.29 is 14.3 Å². The number of carbonyl (C=O) groups excluding carboxylic acids is 1. The van der Waals surface area contributed by atoms with Crippen LogP contribution in [0.25, 0.3) is 0 Å². The van der Waals surface area contributed by atoms with Gasteiger partial charge in [-0.2, -0.15) is 0 Å². The Balaban J connectivity index is 1.51. The van der Waals surface area contributed by atoms with Crippen molar-refractivity contribution >= 4 is 5.91 Å². The maximum absolute atomic E-state index is 12.9. The number of hydrogen-bond acceptors (Lipinski definition) is 4. The molecule has 0 saturated carbocycles. The molecular formula is C29H40N2O3. The molecule has 2 aromatic rings. The van der Waals surface area contributed by atoms with Gasteiger partial charge in [0.05, 0.1) is 6.61 Å². The van der Waals surface area contributed by atoms with E-state index < -0.39 is 0 Å². The first-order chi connectivity index (χ1) is 16.7. The normalized spacial score (nSPS) is 18.4. The van der Waals surface area contributed by atoms with E-state index in [4.69, 9.17) is 9.47 Å². The van der Waals surface area contributed by atoms with E-state index in [1.54, 1.807) is 0 Å². The predicted octanol–water partition coefficient (Wildman–Crippen LogP) is 5.21. The molecule has 2 heterocycles. The van der Waals surface area contributed by atoms with Crippen LogP contribution in [0.2, 0.25) is 0 Å². The molecule has 5 nitrogen and oxygen atoms in total. The highest BCUT2D eigenvalue weighted by Crippen LogP contribution is 2.25. The second kappa shape index (κ2) is 12.9. The number of amides is 1. The van der Waals surface area contributed by atoms with Crippen LogP contribution < -0.4 is 10.1 Å². The lowest BCUT2D eigenvalue weighted by molar-refractivity contribution is 0.0642. The molecule has 5 heteroatoms. The monoisotopic (exact) mass is 464 g/mol. The van der Waals surface area contributed by atoms with Crippen LogP contribution in [0.1, 0.15) is 72.5 Å². The Morgan fingerprint density at radius 1 is 1.03 bits per heavy atom. The highest BCUT2D eigenvalue weighted by molar-refractivity contribution is 5.94. The van der Waals surface area contributed by atoms with Crippen LogP contribution in [0.4, 0.5) is 0 Å². The van der Waals surface area contributed by atoms with E-state index >= 15 is 0 Å². The minimum absolute atomic E-state index is 0.00217. The molecule has 1 saturated heterocycles. The van der Waals surface area contributed by atoms with E-state index in [1.165, 1.54) is 30.4 Å². The van der Waals surface area contributed by atoms with Gasteiger partial charge in [0.25, 0.3) is 5.91 Å². The third-order valence-corrected chi connectivity index (χ3v) is 6.92. The number of nitrogens with zero attached hydrogens (tertiary/aromatic N) is 1. The lowest BCUT2D eigenvalue weighted by atomic mass is 9.98. The molecule has 2 aliphatic rings. The Bertz CT molecular complexity index is 923. The third-order valence-electron chi connectivity index (χ3n) is 6.92. The topological polar surface area (TPSA) is 50.8 Å². The quantitative estimate of drug-likeness (QED) is 0.660. The summed E-state index contributed by atoms with van der Waals surface area (Å²) in [7, 11) is 0. The van der Waals surface area contributed by atoms with Gasteiger partial charge >= 0.3 is 0 Å². The largest absolute Gasteiger partial charge is 0.493 e. The fourth-order valence-electron chi connectivity index (χ4n) is 4.99. The summed E-state index contributed by atoms with van der Waals surface area (Å²) in [5.74, 6) is 1.40. The molecule has 1 amide bonds. The molecule has 1 fully saturated rings. The minimum Gasteiger partial charge on any atom is -0.493 e. The first-order valence-corrected chi connectivity index (χ1v) is 13.1. The Kier molecular flexibility index (Phi) is 9.40. The fourth-order valence-corrected chi connectivity index (χ4v) is 4.99. The Morgan fingerprint density at radius 3 is 2.74 bits per heavy atom. The third kappa shape index (κ3) is 7.31. The van der Waals surface area contributed by atoms with Crippen molar-refractivity contribution in [2.24, 2.45) is 5.92 Å². The Hall–Kier alpha value is -2.37. The summed E-state index contributed by atoms with van der Waals surface area (Å²) in [4.78, 5) is 15.5. The van der Waals surface area contributed by atoms with Crippen molar-refractivity contribution in [3.8, 4) is 5.75 Å². The maximum atomic E-state index is 12.9. The molecule has 0 aromatic heterocycles. The second-order valence-electron chi connectivity index (χ2n) is 9.77. The average molecular weight is 465 g/mol. The first kappa shape index (κ1) is 24.7. The molecule has 1 N–H and O–H groups in total. The van der Waals surface area contributed by atoms with Crippen LogP contribution in [-0.4, -0.2) is 50.3 Å². The molecular weight excluding hydrogens is 424 g/mol. The highest BCUT2D eigenvalue weighted by Gasteiger charge is 2.17. The van der Waals surface area contributed by atoms with Gasteiger partial charge in [-0.25, -0.2) is 0 Å². The van der Waals surface area contributed by atoms with E-state index in [0.29, 0.717) is 18.0 Å². The molecule has 0 unspecified atom stereocenters. The molecule has 4 rings (SSSR count). The zero-order valence-electron chi connectivity index (χ0n) is 20.7. The number of fused-ring (bicyclic) bond motifs is 3. The van der Waals surface area contributed by atoms with Gasteiger partial charge in [0.1, 0.15) is 5.75 Å². The zero-order chi connectivity index (χ0) is 23.6. The van der Waals surface area contributed by atoms with Gasteiger partial charge in [-0.1, -0.05) is 31.2 Å². The number of carbonyl (C=O) groups is 1. The number of benzene rings is 2. The van der Waals surface area contributed by atoms with Gasteiger partial charge in [-0.05, 0) is 92.4 Å². The SMILES string of the molecule is CCCN1CCCCCOc2ccc(C(=O)NCC3CCOCC3)cc2Cc2cccc(c2)C1. The van der Waals surface area contributed by atoms with Crippen LogP contribution in [0, 0.1) is 5.92 Å². The van der Waals surface area contributed by atoms with E-state index in [2.05, 4.69) is 41.4 Å². The average Bonchev–Trinajstić information content (AvgIpc) is 2.86. The summed E-state index contributed by atoms with van der Waals surface area (Å²) in [6.45, 7) is 8.56. The fraction of sp³-hybridized carbons (Fsp3) is 0.552. The van der Waals surface area contributed by atoms with Crippen LogP contribution in [0.15, 0.2) is 42.5 Å². The lowest BCUT2D eigenvalue weighted by Gasteiger charge is -2.23. The summed E-state index contributed by atoms with van der Waals surface area (Å²) in [6.07, 6.45) is 7.39. The summed E-state index contributed by atoms with van der Waals surface area (Å²) < 4.78 is 11.6. The van der Waals surface area contributed by atoms with Gasteiger partial charge in [0.2, 0.25) is 0 Å². The van der Waals surface area contributed by atoms with Crippen molar-refractivity contribution in [1.29, 1.82) is 0 Å². The van der Waals surface area contributed by atoms with E-state index in [9.17, 15) is 4.79 Å². The van der Waals surface area contributed by atoms with Gasteiger partial charge in [-0.15, -0.1) is 0 Å². The summed E-state index contributed by atoms with van der Waals surface area (Å²) in [5, 5.41) is 3.14. The zero-order valence-corrected chi connectivity index (χ0v) is 20.7. The van der Waals surface area contributed by atoms with E-state index in [1.807, 2.05) is 18.2 Å². The van der Waals surface area contributed by atoms with Crippen molar-refractivity contribution in [3.05, 3.63) is 64.7 Å². The van der Waals surface area contributed by atoms with Crippen molar-refractivity contribution in [1.82, 2.24) is 10.2 Å². The molecule has 0 atom stereocenters. The predicted molar refractivity (Wildman–Crippen MR) is 136 cm³/mol. The van der Waals surface area contributed by atoms with E-state index in [0.717, 1.165) is 76.5 Å². The molecule has 0 aliphatic carbocycles. The second-order valence-corrected chi connectivity index (χ2v) is 9.77. The standard InChI is InChI=1S/C29H40N2O3/c1-2-13-31-14-4-3-5-15-34-28-10-9-26(29(32)30-21-23-11-16-33-17-12-23)20-27(28)19-24-7-6-8-25(18-24)22-31/h6-10,18,20,23H,2-5,11-17,19,21-22H2,1H3,(H,30,32). The number of nitrogens with one attached hydrogen (secondary N) is 1. The van der Waals surface area contributed by atoms with E-state index in [-0.39, 0.29) is 5.91 Å². The molecule has 2 bridgehead atoms. The van der Waals surface area contributed by atoms with Crippen molar-refractivity contribution in [3.63, 3.8) is 0 Å².